The quantitative estimate of drug-likeness (QED) is 0.720. The van der Waals surface area contributed by atoms with Crippen molar-refractivity contribution in [2.45, 2.75) is 6.04 Å². The number of rotatable bonds is 2. The highest BCUT2D eigenvalue weighted by Crippen LogP contribution is 2.33. The number of nitrogens with zero attached hydrogens (tertiary/aromatic N) is 4. The van der Waals surface area contributed by atoms with E-state index in [0.29, 0.717) is 16.1 Å². The van der Waals surface area contributed by atoms with Crippen LogP contribution in [0.15, 0.2) is 43.0 Å². The Hall–Kier alpha value is -1.78. The van der Waals surface area contributed by atoms with Gasteiger partial charge in [-0.3, -0.25) is 0 Å². The molecule has 0 saturated carbocycles. The number of hydrogen-bond donors (Lipinski definition) is 0. The summed E-state index contributed by atoms with van der Waals surface area (Å²) in [5, 5.41) is 2.05. The van der Waals surface area contributed by atoms with E-state index in [0.717, 1.165) is 29.8 Å². The maximum absolute atomic E-state index is 6.25. The molecule has 0 N–H and O–H groups in total. The monoisotopic (exact) mass is 318 g/mol. The third-order valence-corrected chi connectivity index (χ3v) is 4.67. The minimum atomic E-state index is 0.458. The molecule has 6 heteroatoms. The minimum Gasteiger partial charge on any atom is -0.352 e. The van der Waals surface area contributed by atoms with Crippen LogP contribution in [0.2, 0.25) is 10.0 Å². The molecule has 1 fully saturated rings. The van der Waals surface area contributed by atoms with Gasteiger partial charge in [-0.1, -0.05) is 29.3 Å². The van der Waals surface area contributed by atoms with Crippen molar-refractivity contribution in [3.63, 3.8) is 0 Å². The fourth-order valence-corrected chi connectivity index (χ4v) is 2.98. The summed E-state index contributed by atoms with van der Waals surface area (Å²) in [5.74, 6) is 0.933. The van der Waals surface area contributed by atoms with Crippen LogP contribution in [0.5, 0.6) is 0 Å². The van der Waals surface area contributed by atoms with E-state index in [-0.39, 0.29) is 0 Å². The van der Waals surface area contributed by atoms with Crippen molar-refractivity contribution < 1.29 is 0 Å². The summed E-state index contributed by atoms with van der Waals surface area (Å²) in [7, 11) is 0. The molecule has 4 rings (SSSR count). The first kappa shape index (κ1) is 12.9. The van der Waals surface area contributed by atoms with Crippen molar-refractivity contribution in [1.82, 2.24) is 14.5 Å². The number of hydrogen-bond acceptors (Lipinski definition) is 3. The number of pyridine rings is 1. The Morgan fingerprint density at radius 1 is 1.10 bits per heavy atom. The Labute approximate surface area is 131 Å². The maximum atomic E-state index is 6.25. The lowest BCUT2D eigenvalue weighted by Crippen LogP contribution is -2.47. The van der Waals surface area contributed by atoms with Gasteiger partial charge in [0.1, 0.15) is 5.82 Å². The zero-order valence-electron chi connectivity index (χ0n) is 11.1. The molecule has 1 aliphatic rings. The van der Waals surface area contributed by atoms with E-state index in [4.69, 9.17) is 23.2 Å². The molecule has 2 aromatic heterocycles. The van der Waals surface area contributed by atoms with Crippen LogP contribution in [0.1, 0.15) is 6.04 Å². The molecule has 0 radical (unpaired) electrons. The molecule has 1 aliphatic heterocycles. The predicted octanol–water partition coefficient (Wildman–Crippen LogP) is 3.80. The van der Waals surface area contributed by atoms with Crippen LogP contribution in [0, 0.1) is 0 Å². The molecule has 0 spiro atoms. The predicted molar refractivity (Wildman–Crippen MR) is 85.2 cm³/mol. The second-order valence-electron chi connectivity index (χ2n) is 5.17. The van der Waals surface area contributed by atoms with Gasteiger partial charge >= 0.3 is 0 Å². The second kappa shape index (κ2) is 4.90. The van der Waals surface area contributed by atoms with Crippen molar-refractivity contribution in [2.75, 3.05) is 18.0 Å². The van der Waals surface area contributed by atoms with Gasteiger partial charge in [0.25, 0.3) is 0 Å². The van der Waals surface area contributed by atoms with Gasteiger partial charge in [0.05, 0.1) is 27.9 Å². The van der Waals surface area contributed by atoms with Crippen molar-refractivity contribution in [1.29, 1.82) is 0 Å². The van der Waals surface area contributed by atoms with Crippen molar-refractivity contribution in [3.8, 4) is 0 Å². The maximum Gasteiger partial charge on any atom is 0.129 e. The Balaban J connectivity index is 1.62. The Bertz CT molecular complexity index is 795. The summed E-state index contributed by atoms with van der Waals surface area (Å²) in [6.07, 6.45) is 5.65. The van der Waals surface area contributed by atoms with Crippen LogP contribution in [-0.4, -0.2) is 27.6 Å². The molecule has 0 atom stereocenters. The molecule has 0 amide bonds. The van der Waals surface area contributed by atoms with Gasteiger partial charge in [-0.2, -0.15) is 0 Å². The highest BCUT2D eigenvalue weighted by atomic mass is 35.5. The van der Waals surface area contributed by atoms with Gasteiger partial charge in [-0.15, -0.1) is 0 Å². The summed E-state index contributed by atoms with van der Waals surface area (Å²) in [6.45, 7) is 1.85. The molecule has 106 valence electrons. The van der Waals surface area contributed by atoms with E-state index >= 15 is 0 Å². The average Bonchev–Trinajstić information content (AvgIpc) is 2.96. The zero-order chi connectivity index (χ0) is 14.4. The fourth-order valence-electron chi connectivity index (χ4n) is 2.61. The number of benzene rings is 1. The molecule has 3 aromatic rings. The smallest absolute Gasteiger partial charge is 0.129 e. The topological polar surface area (TPSA) is 34.0 Å². The van der Waals surface area contributed by atoms with Gasteiger partial charge in [0, 0.05) is 30.9 Å². The largest absolute Gasteiger partial charge is 0.352 e. The summed E-state index contributed by atoms with van der Waals surface area (Å²) >= 11 is 12.3. The third-order valence-electron chi connectivity index (χ3n) is 3.87. The molecule has 0 bridgehead atoms. The van der Waals surface area contributed by atoms with Crippen LogP contribution >= 0.6 is 23.2 Å². The Kier molecular flexibility index (Phi) is 3.01. The van der Waals surface area contributed by atoms with E-state index in [1.807, 2.05) is 30.7 Å². The van der Waals surface area contributed by atoms with Crippen molar-refractivity contribution >= 4 is 39.9 Å². The van der Waals surface area contributed by atoms with Crippen LogP contribution in [-0.2, 0) is 0 Å². The summed E-state index contributed by atoms with van der Waals surface area (Å²) in [4.78, 5) is 11.0. The van der Waals surface area contributed by atoms with Gasteiger partial charge in [0.15, 0.2) is 0 Å². The molecule has 1 aromatic carbocycles. The van der Waals surface area contributed by atoms with E-state index in [2.05, 4.69) is 19.4 Å². The zero-order valence-corrected chi connectivity index (χ0v) is 12.6. The number of halogens is 2. The molecular formula is C15H12Cl2N4. The minimum absolute atomic E-state index is 0.458. The van der Waals surface area contributed by atoms with Gasteiger partial charge in [0.2, 0.25) is 0 Å². The molecular weight excluding hydrogens is 307 g/mol. The number of fused-ring (bicyclic) bond motifs is 1. The fraction of sp³-hybridized carbons (Fsp3) is 0.200. The molecule has 0 aliphatic carbocycles. The van der Waals surface area contributed by atoms with Crippen LogP contribution in [0.4, 0.5) is 5.82 Å². The van der Waals surface area contributed by atoms with E-state index in [1.54, 1.807) is 12.3 Å². The number of anilines is 1. The first-order chi connectivity index (χ1) is 10.2. The van der Waals surface area contributed by atoms with E-state index < -0.39 is 0 Å². The summed E-state index contributed by atoms with van der Waals surface area (Å²) in [6, 6.07) is 8.25. The Morgan fingerprint density at radius 2 is 1.90 bits per heavy atom. The number of aromatic nitrogens is 3. The first-order valence-electron chi connectivity index (χ1n) is 6.69. The highest BCUT2D eigenvalue weighted by molar-refractivity contribution is 6.45. The SMILES string of the molecule is Clc1ccc2ccc(N3CC(n4ccnc4)C3)nc2c1Cl. The lowest BCUT2D eigenvalue weighted by Gasteiger charge is -2.40. The molecule has 21 heavy (non-hydrogen) atoms. The summed E-state index contributed by atoms with van der Waals surface area (Å²) in [5.41, 5.74) is 0.757. The van der Waals surface area contributed by atoms with Crippen LogP contribution in [0.25, 0.3) is 10.9 Å². The normalized spacial score (nSPS) is 15.4. The second-order valence-corrected chi connectivity index (χ2v) is 5.96. The molecule has 0 unspecified atom stereocenters. The van der Waals surface area contributed by atoms with E-state index in [9.17, 15) is 0 Å². The molecule has 4 nitrogen and oxygen atoms in total. The van der Waals surface area contributed by atoms with Gasteiger partial charge < -0.3 is 9.47 Å². The average molecular weight is 319 g/mol. The summed E-state index contributed by atoms with van der Waals surface area (Å²) < 4.78 is 2.13. The Morgan fingerprint density at radius 3 is 2.67 bits per heavy atom. The van der Waals surface area contributed by atoms with Crippen molar-refractivity contribution in [3.05, 3.63) is 53.0 Å². The molecule has 3 heterocycles. The van der Waals surface area contributed by atoms with Crippen LogP contribution < -0.4 is 4.90 Å². The lowest BCUT2D eigenvalue weighted by molar-refractivity contribution is 0.397. The number of imidazole rings is 1. The lowest BCUT2D eigenvalue weighted by atomic mass is 10.1. The van der Waals surface area contributed by atoms with E-state index in [1.165, 1.54) is 0 Å². The van der Waals surface area contributed by atoms with Crippen molar-refractivity contribution in [2.24, 2.45) is 0 Å². The van der Waals surface area contributed by atoms with Crippen LogP contribution in [0.3, 0.4) is 0 Å². The first-order valence-corrected chi connectivity index (χ1v) is 7.45. The van der Waals surface area contributed by atoms with Gasteiger partial charge in [-0.25, -0.2) is 9.97 Å². The third kappa shape index (κ3) is 2.15. The van der Waals surface area contributed by atoms with Gasteiger partial charge in [-0.05, 0) is 18.2 Å². The highest BCUT2D eigenvalue weighted by Gasteiger charge is 2.28. The standard InChI is InChI=1S/C15H12Cl2N4/c16-12-3-1-10-2-4-13(19-15(10)14(12)17)21-7-11(8-21)20-6-5-18-9-20/h1-6,9,11H,7-8H2. The molecule has 1 saturated heterocycles.